The Hall–Kier alpha value is -0.390. The molecule has 0 bridgehead atoms. The lowest BCUT2D eigenvalue weighted by Gasteiger charge is -2.12. The van der Waals surface area contributed by atoms with Crippen LogP contribution in [0.3, 0.4) is 0 Å². The second-order valence-corrected chi connectivity index (χ2v) is 14.5. The summed E-state index contributed by atoms with van der Waals surface area (Å²) >= 11 is 0. The van der Waals surface area contributed by atoms with Crippen LogP contribution in [0, 0.1) is 5.92 Å². The van der Waals surface area contributed by atoms with Gasteiger partial charge in [0, 0.05) is 5.92 Å². The Kier molecular flexibility index (Phi) is 34.2. The minimum atomic E-state index is -4.37. The Morgan fingerprint density at radius 2 is 0.791 bits per heavy atom. The molecular formula is C38H76O4S. The predicted molar refractivity (Wildman–Crippen MR) is 189 cm³/mol. The van der Waals surface area contributed by atoms with E-state index in [4.69, 9.17) is 8.74 Å². The molecular weight excluding hydrogens is 552 g/mol. The molecule has 0 aliphatic rings. The molecule has 0 aliphatic carbocycles. The van der Waals surface area contributed by atoms with E-state index >= 15 is 0 Å². The molecule has 43 heavy (non-hydrogen) atoms. The van der Waals surface area contributed by atoms with Crippen molar-refractivity contribution in [3.63, 3.8) is 0 Å². The molecule has 0 fully saturated rings. The third-order valence-corrected chi connectivity index (χ3v) is 9.43. The van der Waals surface area contributed by atoms with Crippen LogP contribution in [-0.2, 0) is 14.6 Å². The fourth-order valence-corrected chi connectivity index (χ4v) is 6.46. The van der Waals surface area contributed by atoms with Crippen LogP contribution in [-0.4, -0.2) is 19.6 Å². The highest BCUT2D eigenvalue weighted by Gasteiger charge is 2.11. The van der Waals surface area contributed by atoms with Crippen LogP contribution in [0.1, 0.15) is 219 Å². The lowest BCUT2D eigenvalue weighted by Crippen LogP contribution is -2.12. The van der Waals surface area contributed by atoms with Crippen molar-refractivity contribution in [2.75, 3.05) is 6.61 Å². The average Bonchev–Trinajstić information content (AvgIpc) is 2.98. The van der Waals surface area contributed by atoms with Crippen LogP contribution < -0.4 is 0 Å². The van der Waals surface area contributed by atoms with Gasteiger partial charge in [-0.3, -0.25) is 4.55 Å². The zero-order chi connectivity index (χ0) is 31.5. The van der Waals surface area contributed by atoms with Gasteiger partial charge in [0.1, 0.15) is 0 Å². The van der Waals surface area contributed by atoms with Gasteiger partial charge in [-0.25, -0.2) is 4.18 Å². The fraction of sp³-hybridized carbons (Fsp3) is 0.947. The largest absolute Gasteiger partial charge is 0.397 e. The minimum absolute atomic E-state index is 0.0483. The molecule has 1 unspecified atom stereocenters. The summed E-state index contributed by atoms with van der Waals surface area (Å²) < 4.78 is 35.9. The number of unbranched alkanes of at least 4 members (excludes halogenated alkanes) is 29. The van der Waals surface area contributed by atoms with E-state index in [-0.39, 0.29) is 12.5 Å². The summed E-state index contributed by atoms with van der Waals surface area (Å²) in [6, 6.07) is 0. The van der Waals surface area contributed by atoms with Gasteiger partial charge in [-0.1, -0.05) is 212 Å². The van der Waals surface area contributed by atoms with Gasteiger partial charge >= 0.3 is 10.4 Å². The van der Waals surface area contributed by atoms with Crippen LogP contribution >= 0.6 is 0 Å². The molecule has 0 radical (unpaired) electrons. The topological polar surface area (TPSA) is 63.6 Å². The normalized spacial score (nSPS) is 12.9. The summed E-state index contributed by atoms with van der Waals surface area (Å²) in [6.45, 7) is 4.61. The number of rotatable bonds is 36. The third kappa shape index (κ3) is 37.7. The fourth-order valence-electron chi connectivity index (χ4n) is 6.11. The van der Waals surface area contributed by atoms with E-state index in [9.17, 15) is 8.42 Å². The Labute approximate surface area is 271 Å². The molecule has 258 valence electrons. The summed E-state index contributed by atoms with van der Waals surface area (Å²) in [5.74, 6) is 0.0558. The maximum Gasteiger partial charge on any atom is 0.397 e. The first kappa shape index (κ1) is 42.6. The molecule has 0 aromatic carbocycles. The monoisotopic (exact) mass is 629 g/mol. The average molecular weight is 629 g/mol. The van der Waals surface area contributed by atoms with Crippen molar-refractivity contribution < 1.29 is 17.2 Å². The quantitative estimate of drug-likeness (QED) is 0.0426. The smallest absolute Gasteiger partial charge is 0.264 e. The molecule has 0 rings (SSSR count). The van der Waals surface area contributed by atoms with Gasteiger partial charge in [-0.15, -0.1) is 0 Å². The summed E-state index contributed by atoms with van der Waals surface area (Å²) in [4.78, 5) is 0. The standard InChI is InChI=1S/C38H76O4S/c1-3-5-7-9-11-13-15-17-19-20-21-22-24-26-28-30-32-34-36-38(37-42-43(39,40)41)35-33-31-29-27-25-23-18-16-14-12-10-8-6-4-2/h34,36,38H,3-33,35,37H2,1-2H3,(H,39,40,41)/b36-34+. The van der Waals surface area contributed by atoms with E-state index in [0.29, 0.717) is 0 Å². The molecule has 0 saturated heterocycles. The zero-order valence-corrected chi connectivity index (χ0v) is 30.0. The molecule has 0 spiro atoms. The molecule has 0 aromatic heterocycles. The summed E-state index contributed by atoms with van der Waals surface area (Å²) in [7, 11) is -4.37. The van der Waals surface area contributed by atoms with Crippen molar-refractivity contribution in [1.82, 2.24) is 0 Å². The highest BCUT2D eigenvalue weighted by molar-refractivity contribution is 7.80. The summed E-state index contributed by atoms with van der Waals surface area (Å²) in [6.07, 6.45) is 47.0. The summed E-state index contributed by atoms with van der Waals surface area (Å²) in [5.41, 5.74) is 0. The van der Waals surface area contributed by atoms with E-state index in [1.807, 2.05) is 0 Å². The number of allylic oxidation sites excluding steroid dienone is 1. The van der Waals surface area contributed by atoms with E-state index in [1.165, 1.54) is 186 Å². The first-order valence-electron chi connectivity index (χ1n) is 19.3. The Morgan fingerprint density at radius 3 is 1.12 bits per heavy atom. The van der Waals surface area contributed by atoms with Crippen LogP contribution in [0.5, 0.6) is 0 Å². The van der Waals surface area contributed by atoms with Crippen molar-refractivity contribution in [1.29, 1.82) is 0 Å². The minimum Gasteiger partial charge on any atom is -0.264 e. The van der Waals surface area contributed by atoms with E-state index in [2.05, 4.69) is 26.0 Å². The van der Waals surface area contributed by atoms with Gasteiger partial charge in [-0.05, 0) is 19.3 Å². The highest BCUT2D eigenvalue weighted by Crippen LogP contribution is 2.18. The first-order chi connectivity index (χ1) is 21.0. The Balaban J connectivity index is 3.72. The highest BCUT2D eigenvalue weighted by atomic mass is 32.3. The van der Waals surface area contributed by atoms with Crippen LogP contribution in [0.15, 0.2) is 12.2 Å². The molecule has 0 amide bonds. The van der Waals surface area contributed by atoms with E-state index in [1.54, 1.807) is 0 Å². The summed E-state index contributed by atoms with van der Waals surface area (Å²) in [5, 5.41) is 0. The predicted octanol–water partition coefficient (Wildman–Crippen LogP) is 13.5. The van der Waals surface area contributed by atoms with Gasteiger partial charge in [0.15, 0.2) is 0 Å². The van der Waals surface area contributed by atoms with Crippen molar-refractivity contribution in [3.8, 4) is 0 Å². The number of hydrogen-bond acceptors (Lipinski definition) is 3. The van der Waals surface area contributed by atoms with Gasteiger partial charge in [-0.2, -0.15) is 8.42 Å². The lowest BCUT2D eigenvalue weighted by molar-refractivity contribution is 0.234. The van der Waals surface area contributed by atoms with Gasteiger partial charge in [0.05, 0.1) is 6.61 Å². The Bertz CT molecular complexity index is 661. The van der Waals surface area contributed by atoms with Gasteiger partial charge in [0.25, 0.3) is 0 Å². The molecule has 0 aromatic rings. The van der Waals surface area contributed by atoms with E-state index in [0.717, 1.165) is 19.3 Å². The van der Waals surface area contributed by atoms with Crippen molar-refractivity contribution in [2.24, 2.45) is 5.92 Å². The molecule has 1 atom stereocenters. The first-order valence-corrected chi connectivity index (χ1v) is 20.6. The third-order valence-electron chi connectivity index (χ3n) is 8.99. The molecule has 4 nitrogen and oxygen atoms in total. The lowest BCUT2D eigenvalue weighted by atomic mass is 9.99. The maximum absolute atomic E-state index is 11.1. The molecule has 1 N–H and O–H groups in total. The van der Waals surface area contributed by atoms with Crippen molar-refractivity contribution >= 4 is 10.4 Å². The Morgan fingerprint density at radius 1 is 0.488 bits per heavy atom. The number of hydrogen-bond donors (Lipinski definition) is 1. The van der Waals surface area contributed by atoms with Gasteiger partial charge in [0.2, 0.25) is 0 Å². The SMILES string of the molecule is CCCCCCCCCCCCCCCCCC/C=C/C(CCCCCCCCCCCCCCCC)COS(=O)(=O)O. The van der Waals surface area contributed by atoms with Crippen LogP contribution in [0.4, 0.5) is 0 Å². The van der Waals surface area contributed by atoms with Crippen LogP contribution in [0.25, 0.3) is 0 Å². The van der Waals surface area contributed by atoms with E-state index < -0.39 is 10.4 Å². The van der Waals surface area contributed by atoms with Crippen molar-refractivity contribution in [2.45, 2.75) is 219 Å². The van der Waals surface area contributed by atoms with Gasteiger partial charge < -0.3 is 0 Å². The van der Waals surface area contributed by atoms with Crippen molar-refractivity contribution in [3.05, 3.63) is 12.2 Å². The zero-order valence-electron chi connectivity index (χ0n) is 29.1. The molecule has 5 heteroatoms. The van der Waals surface area contributed by atoms with Crippen LogP contribution in [0.2, 0.25) is 0 Å². The second-order valence-electron chi connectivity index (χ2n) is 13.4. The molecule has 0 heterocycles. The maximum atomic E-state index is 11.1. The molecule has 0 saturated carbocycles. The second kappa shape index (κ2) is 34.5. The molecule has 0 aliphatic heterocycles.